The Kier molecular flexibility index (Phi) is 6.52. The summed E-state index contributed by atoms with van der Waals surface area (Å²) in [6.45, 7) is 3.48. The van der Waals surface area contributed by atoms with E-state index in [0.29, 0.717) is 57.9 Å². The highest BCUT2D eigenvalue weighted by Gasteiger charge is 2.33. The van der Waals surface area contributed by atoms with Gasteiger partial charge in [-0.3, -0.25) is 14.5 Å². The van der Waals surface area contributed by atoms with Crippen LogP contribution < -0.4 is 10.6 Å². The highest BCUT2D eigenvalue weighted by Crippen LogP contribution is 2.33. The van der Waals surface area contributed by atoms with Crippen molar-refractivity contribution in [1.29, 1.82) is 0 Å². The Morgan fingerprint density at radius 1 is 1.14 bits per heavy atom. The first-order chi connectivity index (χ1) is 13.6. The van der Waals surface area contributed by atoms with Crippen molar-refractivity contribution in [1.82, 2.24) is 14.8 Å². The Hall–Kier alpha value is -2.07. The number of hydrogen-bond donors (Lipinski definition) is 1. The summed E-state index contributed by atoms with van der Waals surface area (Å²) < 4.78 is 38.3. The lowest BCUT2D eigenvalue weighted by Gasteiger charge is -2.37. The summed E-state index contributed by atoms with van der Waals surface area (Å²) in [5.41, 5.74) is 4.43. The molecule has 0 aromatic carbocycles. The van der Waals surface area contributed by atoms with Crippen LogP contribution in [-0.2, 0) is 15.8 Å². The average molecular weight is 434 g/mol. The van der Waals surface area contributed by atoms with E-state index in [2.05, 4.69) is 4.98 Å². The van der Waals surface area contributed by atoms with Gasteiger partial charge < -0.3 is 15.5 Å². The normalized spacial score (nSPS) is 19.4. The number of nitrogens with zero attached hydrogens (tertiary/aromatic N) is 4. The monoisotopic (exact) mass is 433 g/mol. The summed E-state index contributed by atoms with van der Waals surface area (Å²) in [5.74, 6) is -0.154. The molecule has 0 radical (unpaired) electrons. The van der Waals surface area contributed by atoms with Gasteiger partial charge in [0, 0.05) is 51.4 Å². The van der Waals surface area contributed by atoms with E-state index < -0.39 is 11.7 Å². The van der Waals surface area contributed by atoms with Crippen LogP contribution in [0.2, 0.25) is 5.02 Å². The molecule has 0 bridgehead atoms. The van der Waals surface area contributed by atoms with E-state index in [4.69, 9.17) is 17.3 Å². The van der Waals surface area contributed by atoms with E-state index in [-0.39, 0.29) is 29.3 Å². The van der Waals surface area contributed by atoms with Gasteiger partial charge in [-0.05, 0) is 18.9 Å². The van der Waals surface area contributed by atoms with Gasteiger partial charge in [-0.25, -0.2) is 4.98 Å². The molecule has 0 atom stereocenters. The van der Waals surface area contributed by atoms with Crippen molar-refractivity contribution in [3.63, 3.8) is 0 Å². The van der Waals surface area contributed by atoms with Crippen molar-refractivity contribution in [2.45, 2.75) is 19.0 Å². The van der Waals surface area contributed by atoms with Gasteiger partial charge in [0.15, 0.2) is 0 Å². The third kappa shape index (κ3) is 5.30. The second-order valence-electron chi connectivity index (χ2n) is 7.35. The van der Waals surface area contributed by atoms with Crippen molar-refractivity contribution in [3.8, 4) is 0 Å². The molecule has 7 nitrogen and oxygen atoms in total. The summed E-state index contributed by atoms with van der Waals surface area (Å²) in [4.78, 5) is 33.2. The zero-order chi connectivity index (χ0) is 21.2. The molecule has 2 aliphatic rings. The Morgan fingerprint density at radius 2 is 1.76 bits per heavy atom. The third-order valence-corrected chi connectivity index (χ3v) is 5.71. The summed E-state index contributed by atoms with van der Waals surface area (Å²) in [6, 6.07) is 0.884. The van der Waals surface area contributed by atoms with E-state index in [1.807, 2.05) is 9.80 Å². The van der Waals surface area contributed by atoms with Crippen molar-refractivity contribution in [2.24, 2.45) is 11.7 Å². The number of carbonyl (C=O) groups excluding carboxylic acids is 2. The molecule has 1 aromatic rings. The number of likely N-dealkylation sites (tertiary alicyclic amines) is 1. The molecule has 2 aliphatic heterocycles. The lowest BCUT2D eigenvalue weighted by atomic mass is 9.96. The van der Waals surface area contributed by atoms with Gasteiger partial charge >= 0.3 is 6.18 Å². The molecule has 0 aliphatic carbocycles. The Bertz CT molecular complexity index is 760. The van der Waals surface area contributed by atoms with Gasteiger partial charge in [0.05, 0.1) is 17.1 Å². The Morgan fingerprint density at radius 3 is 2.28 bits per heavy atom. The van der Waals surface area contributed by atoms with Gasteiger partial charge in [-0.15, -0.1) is 0 Å². The van der Waals surface area contributed by atoms with Crippen LogP contribution in [0.4, 0.5) is 19.0 Å². The number of anilines is 1. The van der Waals surface area contributed by atoms with Gasteiger partial charge in [-0.2, -0.15) is 13.2 Å². The minimum absolute atomic E-state index is 0.00654. The lowest BCUT2D eigenvalue weighted by molar-refractivity contribution is -0.137. The minimum Gasteiger partial charge on any atom is -0.369 e. The number of piperazine rings is 1. The van der Waals surface area contributed by atoms with Gasteiger partial charge in [0.25, 0.3) is 0 Å². The van der Waals surface area contributed by atoms with Crippen LogP contribution in [0.3, 0.4) is 0 Å². The second kappa shape index (κ2) is 8.74. The van der Waals surface area contributed by atoms with Gasteiger partial charge in [0.2, 0.25) is 11.8 Å². The van der Waals surface area contributed by atoms with Crippen molar-refractivity contribution >= 4 is 29.2 Å². The smallest absolute Gasteiger partial charge is 0.369 e. The van der Waals surface area contributed by atoms with Gasteiger partial charge in [0.1, 0.15) is 5.82 Å². The topological polar surface area (TPSA) is 82.8 Å². The molecule has 2 fully saturated rings. The molecule has 0 saturated carbocycles. The summed E-state index contributed by atoms with van der Waals surface area (Å²) in [5, 5.41) is -0.0401. The molecule has 2 amide bonds. The SMILES string of the molecule is NC(=O)C1CCN(C(=O)CN2CCN(c3ncc(C(F)(F)F)cc3Cl)CC2)CC1. The van der Waals surface area contributed by atoms with E-state index in [9.17, 15) is 22.8 Å². The van der Waals surface area contributed by atoms with Gasteiger partial charge in [-0.1, -0.05) is 11.6 Å². The van der Waals surface area contributed by atoms with Crippen LogP contribution in [0.25, 0.3) is 0 Å². The number of hydrogen-bond acceptors (Lipinski definition) is 5. The third-order valence-electron chi connectivity index (χ3n) is 5.43. The van der Waals surface area contributed by atoms with Crippen LogP contribution in [0, 0.1) is 5.92 Å². The molecule has 0 spiro atoms. The average Bonchev–Trinajstić information content (AvgIpc) is 2.68. The molecule has 29 heavy (non-hydrogen) atoms. The molecule has 3 heterocycles. The maximum absolute atomic E-state index is 12.8. The quantitative estimate of drug-likeness (QED) is 0.780. The number of amides is 2. The molecular formula is C18H23ClF3N5O2. The number of halogens is 4. The van der Waals surface area contributed by atoms with Crippen LogP contribution in [0.5, 0.6) is 0 Å². The van der Waals surface area contributed by atoms with E-state index >= 15 is 0 Å². The zero-order valence-electron chi connectivity index (χ0n) is 15.8. The number of primary amides is 1. The van der Waals surface area contributed by atoms with Crippen LogP contribution in [0.15, 0.2) is 12.3 Å². The number of alkyl halides is 3. The standard InChI is InChI=1S/C18H23ClF3N5O2/c19-14-9-13(18(20,21)22)10-24-17(14)27-7-5-25(6-8-27)11-15(28)26-3-1-12(2-4-26)16(23)29/h9-10,12H,1-8,11H2,(H2,23,29). The molecule has 2 N–H and O–H groups in total. The molecule has 3 rings (SSSR count). The fourth-order valence-electron chi connectivity index (χ4n) is 3.64. The Balaban J connectivity index is 1.50. The molecule has 160 valence electrons. The van der Waals surface area contributed by atoms with E-state index in [1.54, 1.807) is 4.90 Å². The number of aromatic nitrogens is 1. The first kappa shape index (κ1) is 21.6. The Labute approximate surface area is 171 Å². The predicted octanol–water partition coefficient (Wildman–Crippen LogP) is 1.60. The second-order valence-corrected chi connectivity index (χ2v) is 7.76. The minimum atomic E-state index is -4.49. The molecule has 1 aromatic heterocycles. The maximum Gasteiger partial charge on any atom is 0.417 e. The first-order valence-corrected chi connectivity index (χ1v) is 9.80. The van der Waals surface area contributed by atoms with Crippen molar-refractivity contribution in [3.05, 3.63) is 22.8 Å². The largest absolute Gasteiger partial charge is 0.417 e. The fraction of sp³-hybridized carbons (Fsp3) is 0.611. The number of pyridine rings is 1. The number of carbonyl (C=O) groups is 2. The van der Waals surface area contributed by atoms with E-state index in [0.717, 1.165) is 12.3 Å². The van der Waals surface area contributed by atoms with Crippen LogP contribution >= 0.6 is 11.6 Å². The molecular weight excluding hydrogens is 411 g/mol. The highest BCUT2D eigenvalue weighted by atomic mass is 35.5. The molecule has 11 heteroatoms. The van der Waals surface area contributed by atoms with E-state index in [1.165, 1.54) is 0 Å². The highest BCUT2D eigenvalue weighted by molar-refractivity contribution is 6.33. The van der Waals surface area contributed by atoms with Crippen LogP contribution in [-0.4, -0.2) is 72.4 Å². The van der Waals surface area contributed by atoms with Crippen molar-refractivity contribution in [2.75, 3.05) is 50.7 Å². The number of rotatable bonds is 4. The molecule has 0 unspecified atom stereocenters. The predicted molar refractivity (Wildman–Crippen MR) is 101 cm³/mol. The summed E-state index contributed by atoms with van der Waals surface area (Å²) in [7, 11) is 0. The van der Waals surface area contributed by atoms with Crippen molar-refractivity contribution < 1.29 is 22.8 Å². The maximum atomic E-state index is 12.8. The number of piperidine rings is 1. The molecule has 2 saturated heterocycles. The lowest BCUT2D eigenvalue weighted by Crippen LogP contribution is -2.51. The first-order valence-electron chi connectivity index (χ1n) is 9.42. The fourth-order valence-corrected chi connectivity index (χ4v) is 3.93. The number of nitrogens with two attached hydrogens (primary N) is 1. The summed E-state index contributed by atoms with van der Waals surface area (Å²) in [6.07, 6.45) is -2.52. The summed E-state index contributed by atoms with van der Waals surface area (Å²) >= 11 is 6.01. The van der Waals surface area contributed by atoms with Crippen LogP contribution in [0.1, 0.15) is 18.4 Å². The zero-order valence-corrected chi connectivity index (χ0v) is 16.5.